The van der Waals surface area contributed by atoms with Crippen molar-refractivity contribution in [3.63, 3.8) is 0 Å². The molecule has 0 aliphatic carbocycles. The van der Waals surface area contributed by atoms with Gasteiger partial charge in [0.25, 0.3) is 5.91 Å². The largest absolute Gasteiger partial charge is 0.274 e. The Morgan fingerprint density at radius 2 is 2.31 bits per heavy atom. The van der Waals surface area contributed by atoms with Crippen molar-refractivity contribution in [3.8, 4) is 0 Å². The molecule has 0 atom stereocenters. The van der Waals surface area contributed by atoms with Crippen LogP contribution in [-0.4, -0.2) is 17.5 Å². The molecule has 1 aromatic carbocycles. The average Bonchev–Trinajstić information content (AvgIpc) is 2.35. The highest BCUT2D eigenvalue weighted by Crippen LogP contribution is 2.13. The van der Waals surface area contributed by atoms with Gasteiger partial charge in [0, 0.05) is 17.1 Å². The van der Waals surface area contributed by atoms with Crippen LogP contribution in [0.3, 0.4) is 0 Å². The Balaban J connectivity index is 2.28. The summed E-state index contributed by atoms with van der Waals surface area (Å²) in [7, 11) is 0. The molecule has 16 heavy (non-hydrogen) atoms. The van der Waals surface area contributed by atoms with Crippen LogP contribution in [0.2, 0.25) is 0 Å². The summed E-state index contributed by atoms with van der Waals surface area (Å²) >= 11 is 0. The van der Waals surface area contributed by atoms with Crippen LogP contribution >= 0.6 is 0 Å². The van der Waals surface area contributed by atoms with E-state index >= 15 is 0 Å². The van der Waals surface area contributed by atoms with Crippen LogP contribution in [-0.2, 0) is 4.84 Å². The maximum absolute atomic E-state index is 11.6. The predicted molar refractivity (Wildman–Crippen MR) is 60.8 cm³/mol. The lowest BCUT2D eigenvalue weighted by Gasteiger charge is -2.04. The van der Waals surface area contributed by atoms with Gasteiger partial charge in [-0.3, -0.25) is 14.6 Å². The van der Waals surface area contributed by atoms with E-state index in [1.165, 1.54) is 0 Å². The van der Waals surface area contributed by atoms with Gasteiger partial charge in [-0.2, -0.15) is 0 Å². The van der Waals surface area contributed by atoms with Crippen LogP contribution in [0.1, 0.15) is 17.3 Å². The molecule has 2 aromatic rings. The summed E-state index contributed by atoms with van der Waals surface area (Å²) in [5.74, 6) is -0.243. The van der Waals surface area contributed by atoms with Crippen molar-refractivity contribution in [2.45, 2.75) is 6.92 Å². The van der Waals surface area contributed by atoms with Gasteiger partial charge in [0.2, 0.25) is 0 Å². The highest BCUT2D eigenvalue weighted by atomic mass is 16.6. The summed E-state index contributed by atoms with van der Waals surface area (Å²) < 4.78 is 0. The summed E-state index contributed by atoms with van der Waals surface area (Å²) in [5.41, 5.74) is 3.79. The molecule has 1 amide bonds. The molecular weight excluding hydrogens is 204 g/mol. The third-order valence-electron chi connectivity index (χ3n) is 2.17. The Labute approximate surface area is 93.2 Å². The minimum absolute atomic E-state index is 0.243. The van der Waals surface area contributed by atoms with Gasteiger partial charge in [0.1, 0.15) is 0 Å². The molecule has 0 spiro atoms. The first-order chi connectivity index (χ1) is 7.81. The Hall–Kier alpha value is -1.94. The van der Waals surface area contributed by atoms with Crippen LogP contribution in [0.25, 0.3) is 10.9 Å². The van der Waals surface area contributed by atoms with Crippen molar-refractivity contribution < 1.29 is 9.63 Å². The molecule has 1 aromatic heterocycles. The van der Waals surface area contributed by atoms with E-state index in [1.54, 1.807) is 18.3 Å². The molecule has 0 fully saturated rings. The number of nitrogens with one attached hydrogen (secondary N) is 1. The zero-order chi connectivity index (χ0) is 11.4. The highest BCUT2D eigenvalue weighted by molar-refractivity contribution is 5.97. The second-order valence-corrected chi connectivity index (χ2v) is 3.28. The maximum atomic E-state index is 11.6. The number of pyridine rings is 1. The van der Waals surface area contributed by atoms with Crippen LogP contribution in [0, 0.1) is 0 Å². The van der Waals surface area contributed by atoms with E-state index in [0.29, 0.717) is 12.2 Å². The van der Waals surface area contributed by atoms with Crippen LogP contribution in [0.15, 0.2) is 36.5 Å². The molecule has 0 saturated carbocycles. The van der Waals surface area contributed by atoms with Crippen molar-refractivity contribution in [3.05, 3.63) is 42.1 Å². The molecule has 0 saturated heterocycles. The van der Waals surface area contributed by atoms with Crippen molar-refractivity contribution in [2.75, 3.05) is 6.61 Å². The molecule has 4 nitrogen and oxygen atoms in total. The molecule has 4 heteroatoms. The lowest BCUT2D eigenvalue weighted by Crippen LogP contribution is -2.23. The second-order valence-electron chi connectivity index (χ2n) is 3.28. The SMILES string of the molecule is CCONC(=O)c1ccc2ncccc2c1. The number of rotatable bonds is 3. The summed E-state index contributed by atoms with van der Waals surface area (Å²) in [6.45, 7) is 2.26. The Bertz CT molecular complexity index is 511. The topological polar surface area (TPSA) is 51.2 Å². The molecule has 0 aliphatic rings. The molecule has 82 valence electrons. The fraction of sp³-hybridized carbons (Fsp3) is 0.167. The number of amides is 1. The first kappa shape index (κ1) is 10.6. The molecular formula is C12H12N2O2. The minimum Gasteiger partial charge on any atom is -0.274 e. The van der Waals surface area contributed by atoms with E-state index in [2.05, 4.69) is 10.5 Å². The molecule has 2 rings (SSSR count). The third kappa shape index (κ3) is 2.17. The number of hydrogen-bond donors (Lipinski definition) is 1. The first-order valence-corrected chi connectivity index (χ1v) is 5.08. The minimum atomic E-state index is -0.243. The lowest BCUT2D eigenvalue weighted by molar-refractivity contribution is 0.0364. The fourth-order valence-electron chi connectivity index (χ4n) is 1.41. The molecule has 0 aliphatic heterocycles. The van der Waals surface area contributed by atoms with E-state index in [1.807, 2.05) is 25.1 Å². The van der Waals surface area contributed by atoms with Gasteiger partial charge < -0.3 is 0 Å². The average molecular weight is 216 g/mol. The predicted octanol–water partition coefficient (Wildman–Crippen LogP) is 1.92. The fourth-order valence-corrected chi connectivity index (χ4v) is 1.41. The van der Waals surface area contributed by atoms with Gasteiger partial charge in [-0.05, 0) is 31.2 Å². The van der Waals surface area contributed by atoms with Gasteiger partial charge in [-0.25, -0.2) is 5.48 Å². The van der Waals surface area contributed by atoms with Crippen molar-refractivity contribution in [2.24, 2.45) is 0 Å². The molecule has 0 radical (unpaired) electrons. The number of carbonyl (C=O) groups excluding carboxylic acids is 1. The standard InChI is InChI=1S/C12H12N2O2/c1-2-16-14-12(15)10-5-6-11-9(8-10)4-3-7-13-11/h3-8H,2H2,1H3,(H,14,15). The number of carbonyl (C=O) groups is 1. The number of hydroxylamine groups is 1. The molecule has 0 bridgehead atoms. The number of hydrogen-bond acceptors (Lipinski definition) is 3. The van der Waals surface area contributed by atoms with Gasteiger partial charge in [0.05, 0.1) is 12.1 Å². The second kappa shape index (κ2) is 4.72. The van der Waals surface area contributed by atoms with Crippen LogP contribution in [0.5, 0.6) is 0 Å². The first-order valence-electron chi connectivity index (χ1n) is 5.08. The number of benzene rings is 1. The van der Waals surface area contributed by atoms with E-state index in [0.717, 1.165) is 10.9 Å². The zero-order valence-electron chi connectivity index (χ0n) is 8.93. The van der Waals surface area contributed by atoms with Gasteiger partial charge in [-0.1, -0.05) is 6.07 Å². The monoisotopic (exact) mass is 216 g/mol. The number of nitrogens with zero attached hydrogens (tertiary/aromatic N) is 1. The lowest BCUT2D eigenvalue weighted by atomic mass is 10.1. The van der Waals surface area contributed by atoms with Crippen molar-refractivity contribution in [1.82, 2.24) is 10.5 Å². The summed E-state index contributed by atoms with van der Waals surface area (Å²) in [5, 5.41) is 0.937. The number of fused-ring (bicyclic) bond motifs is 1. The smallest absolute Gasteiger partial charge is 0.274 e. The summed E-state index contributed by atoms with van der Waals surface area (Å²) in [6.07, 6.45) is 1.72. The number of aromatic nitrogens is 1. The van der Waals surface area contributed by atoms with Crippen molar-refractivity contribution in [1.29, 1.82) is 0 Å². The van der Waals surface area contributed by atoms with E-state index in [-0.39, 0.29) is 5.91 Å². The maximum Gasteiger partial charge on any atom is 0.274 e. The van der Waals surface area contributed by atoms with Crippen molar-refractivity contribution >= 4 is 16.8 Å². The molecule has 1 N–H and O–H groups in total. The van der Waals surface area contributed by atoms with Gasteiger partial charge in [-0.15, -0.1) is 0 Å². The summed E-state index contributed by atoms with van der Waals surface area (Å²) in [6, 6.07) is 9.09. The van der Waals surface area contributed by atoms with Crippen LogP contribution < -0.4 is 5.48 Å². The Morgan fingerprint density at radius 3 is 3.12 bits per heavy atom. The van der Waals surface area contributed by atoms with E-state index < -0.39 is 0 Å². The zero-order valence-corrected chi connectivity index (χ0v) is 8.93. The molecule has 0 unspecified atom stereocenters. The Morgan fingerprint density at radius 1 is 1.44 bits per heavy atom. The molecule has 1 heterocycles. The normalized spacial score (nSPS) is 10.3. The van der Waals surface area contributed by atoms with Crippen LogP contribution in [0.4, 0.5) is 0 Å². The van der Waals surface area contributed by atoms with E-state index in [4.69, 9.17) is 4.84 Å². The van der Waals surface area contributed by atoms with E-state index in [9.17, 15) is 4.79 Å². The highest BCUT2D eigenvalue weighted by Gasteiger charge is 2.05. The van der Waals surface area contributed by atoms with Gasteiger partial charge in [0.15, 0.2) is 0 Å². The van der Waals surface area contributed by atoms with Gasteiger partial charge >= 0.3 is 0 Å². The Kier molecular flexibility index (Phi) is 3.12. The third-order valence-corrected chi connectivity index (χ3v) is 2.17. The summed E-state index contributed by atoms with van der Waals surface area (Å²) in [4.78, 5) is 20.6. The quantitative estimate of drug-likeness (QED) is 0.797.